The van der Waals surface area contributed by atoms with Crippen LogP contribution in [-0.4, -0.2) is 50.2 Å². The fourth-order valence-electron chi connectivity index (χ4n) is 6.49. The second kappa shape index (κ2) is 14.0. The van der Waals surface area contributed by atoms with Crippen molar-refractivity contribution in [2.24, 2.45) is 4.99 Å². The zero-order valence-corrected chi connectivity index (χ0v) is 28.2. The number of benzene rings is 3. The van der Waals surface area contributed by atoms with Crippen molar-refractivity contribution < 1.29 is 22.7 Å². The van der Waals surface area contributed by atoms with Crippen LogP contribution in [0.4, 0.5) is 23.7 Å². The molecular weight excluding hydrogens is 637 g/mol. The molecule has 2 aliphatic rings. The molecule has 0 radical (unpaired) electrons. The van der Waals surface area contributed by atoms with Crippen molar-refractivity contribution in [1.29, 1.82) is 0 Å². The van der Waals surface area contributed by atoms with E-state index in [0.717, 1.165) is 53.4 Å². The fourth-order valence-corrected chi connectivity index (χ4v) is 7.70. The molecule has 6 rings (SSSR count). The summed E-state index contributed by atoms with van der Waals surface area (Å²) in [7, 11) is 0. The summed E-state index contributed by atoms with van der Waals surface area (Å²) in [6, 6.07) is 19.9. The maximum atomic E-state index is 13.4. The molecule has 3 atom stereocenters. The Hall–Kier alpha value is -4.32. The van der Waals surface area contributed by atoms with Crippen molar-refractivity contribution in [2.45, 2.75) is 83.7 Å². The lowest BCUT2D eigenvalue weighted by Gasteiger charge is -2.37. The van der Waals surface area contributed by atoms with Crippen molar-refractivity contribution in [3.63, 3.8) is 0 Å². The van der Waals surface area contributed by atoms with Crippen molar-refractivity contribution in [3.05, 3.63) is 89.7 Å². The van der Waals surface area contributed by atoms with Crippen LogP contribution in [0.5, 0.6) is 5.75 Å². The predicted octanol–water partition coefficient (Wildman–Crippen LogP) is 9.00. The molecule has 1 N–H and O–H groups in total. The third kappa shape index (κ3) is 7.69. The van der Waals surface area contributed by atoms with Gasteiger partial charge >= 0.3 is 12.4 Å². The number of halogens is 3. The highest BCUT2D eigenvalue weighted by Crippen LogP contribution is 2.37. The minimum Gasteiger partial charge on any atom is -0.406 e. The number of carbonyl (C=O) groups is 1. The Balaban J connectivity index is 1.14. The molecule has 1 saturated carbocycles. The number of thioether (sulfide) groups is 1. The molecule has 0 spiro atoms. The topological polar surface area (TPSA) is 84.6 Å². The Morgan fingerprint density at radius 3 is 2.50 bits per heavy atom. The molecule has 2 fully saturated rings. The molecule has 0 bridgehead atoms. The molecular formula is C36H39F3N6O2S. The van der Waals surface area contributed by atoms with Gasteiger partial charge in [-0.05, 0) is 86.1 Å². The lowest BCUT2D eigenvalue weighted by Crippen LogP contribution is -2.43. The summed E-state index contributed by atoms with van der Waals surface area (Å²) in [5.41, 5.74) is 6.03. The number of anilines is 1. The normalized spacial score (nSPS) is 20.8. The van der Waals surface area contributed by atoms with Gasteiger partial charge in [-0.2, -0.15) is 4.99 Å². The van der Waals surface area contributed by atoms with Crippen LogP contribution in [0.3, 0.4) is 0 Å². The summed E-state index contributed by atoms with van der Waals surface area (Å²) in [6.07, 6.45) is 0.626. The van der Waals surface area contributed by atoms with Gasteiger partial charge in [0.25, 0.3) is 0 Å². The summed E-state index contributed by atoms with van der Waals surface area (Å²) < 4.78 is 42.9. The Bertz CT molecular complexity index is 1770. The van der Waals surface area contributed by atoms with Crippen LogP contribution in [0.15, 0.2) is 78.0 Å². The third-order valence-electron chi connectivity index (χ3n) is 8.93. The SMILES string of the molecule is Cc1ccc(C(C)C)c(N2/C(=N/C(=O)NC3CCCC3c3ccc(-c4ncn(-c5ccc(OC(F)(F)F)cc5)n4)cc3)SCCC2C)c1. The minimum atomic E-state index is -4.75. The number of aliphatic imine (C=N–C) groups is 1. The van der Waals surface area contributed by atoms with Gasteiger partial charge in [0.15, 0.2) is 11.0 Å². The first-order valence-electron chi connectivity index (χ1n) is 16.2. The van der Waals surface area contributed by atoms with Crippen LogP contribution in [-0.2, 0) is 0 Å². The van der Waals surface area contributed by atoms with Crippen LogP contribution < -0.4 is 15.0 Å². The lowest BCUT2D eigenvalue weighted by atomic mass is 9.93. The quantitative estimate of drug-likeness (QED) is 0.210. The van der Waals surface area contributed by atoms with E-state index in [-0.39, 0.29) is 29.8 Å². The van der Waals surface area contributed by atoms with Crippen molar-refractivity contribution in [2.75, 3.05) is 10.7 Å². The van der Waals surface area contributed by atoms with Gasteiger partial charge in [-0.15, -0.1) is 18.3 Å². The molecule has 3 unspecified atom stereocenters. The number of alkyl halides is 3. The maximum Gasteiger partial charge on any atom is 0.573 e. The number of amides is 2. The number of urea groups is 1. The van der Waals surface area contributed by atoms with Gasteiger partial charge in [0.05, 0.1) is 5.69 Å². The first kappa shape index (κ1) is 33.6. The van der Waals surface area contributed by atoms with E-state index >= 15 is 0 Å². The number of aryl methyl sites for hydroxylation is 1. The highest BCUT2D eigenvalue weighted by atomic mass is 32.2. The van der Waals surface area contributed by atoms with Crippen molar-refractivity contribution in [3.8, 4) is 22.8 Å². The van der Waals surface area contributed by atoms with E-state index in [1.165, 1.54) is 46.4 Å². The van der Waals surface area contributed by atoms with Crippen LogP contribution in [0.1, 0.15) is 75.0 Å². The summed E-state index contributed by atoms with van der Waals surface area (Å²) in [4.78, 5) is 24.7. The van der Waals surface area contributed by atoms with Crippen LogP contribution >= 0.6 is 11.8 Å². The average molecular weight is 677 g/mol. The summed E-state index contributed by atoms with van der Waals surface area (Å²) in [5.74, 6) is 1.60. The van der Waals surface area contributed by atoms with Crippen molar-refractivity contribution in [1.82, 2.24) is 20.1 Å². The number of hydrogen-bond acceptors (Lipinski definition) is 5. The second-order valence-corrected chi connectivity index (χ2v) is 13.8. The van der Waals surface area contributed by atoms with Gasteiger partial charge in [0, 0.05) is 35.0 Å². The first-order chi connectivity index (χ1) is 22.9. The molecule has 48 heavy (non-hydrogen) atoms. The van der Waals surface area contributed by atoms with Crippen LogP contribution in [0.2, 0.25) is 0 Å². The monoisotopic (exact) mass is 676 g/mol. The van der Waals surface area contributed by atoms with E-state index in [2.05, 4.69) is 75.9 Å². The van der Waals surface area contributed by atoms with E-state index in [1.54, 1.807) is 11.8 Å². The molecule has 2 amide bonds. The smallest absolute Gasteiger partial charge is 0.406 e. The Kier molecular flexibility index (Phi) is 9.82. The minimum absolute atomic E-state index is 0.0287. The van der Waals surface area contributed by atoms with Gasteiger partial charge in [0.2, 0.25) is 0 Å². The van der Waals surface area contributed by atoms with E-state index in [4.69, 9.17) is 0 Å². The summed E-state index contributed by atoms with van der Waals surface area (Å²) >= 11 is 1.64. The third-order valence-corrected chi connectivity index (χ3v) is 9.91. The maximum absolute atomic E-state index is 13.4. The van der Waals surface area contributed by atoms with E-state index in [1.807, 2.05) is 24.3 Å². The van der Waals surface area contributed by atoms with Crippen LogP contribution in [0.25, 0.3) is 17.1 Å². The molecule has 12 heteroatoms. The zero-order valence-electron chi connectivity index (χ0n) is 27.4. The van der Waals surface area contributed by atoms with E-state index in [0.29, 0.717) is 17.4 Å². The highest BCUT2D eigenvalue weighted by Gasteiger charge is 2.33. The van der Waals surface area contributed by atoms with Gasteiger partial charge in [-0.3, -0.25) is 0 Å². The molecule has 4 aromatic rings. The number of carbonyl (C=O) groups excluding carboxylic acids is 1. The number of nitrogens with zero attached hydrogens (tertiary/aromatic N) is 5. The molecule has 1 aliphatic carbocycles. The Morgan fingerprint density at radius 2 is 1.79 bits per heavy atom. The zero-order chi connectivity index (χ0) is 34.0. The number of aromatic nitrogens is 3. The molecule has 1 saturated heterocycles. The lowest BCUT2D eigenvalue weighted by molar-refractivity contribution is -0.274. The summed E-state index contributed by atoms with van der Waals surface area (Å²) in [5, 5.41) is 8.48. The molecule has 252 valence electrons. The number of ether oxygens (including phenoxy) is 1. The fraction of sp³-hybridized carbons (Fsp3) is 0.389. The highest BCUT2D eigenvalue weighted by molar-refractivity contribution is 8.14. The number of hydrogen-bond donors (Lipinski definition) is 1. The average Bonchev–Trinajstić information content (AvgIpc) is 3.71. The van der Waals surface area contributed by atoms with Gasteiger partial charge in [-0.1, -0.05) is 68.4 Å². The van der Waals surface area contributed by atoms with Gasteiger partial charge < -0.3 is 15.0 Å². The Morgan fingerprint density at radius 1 is 1.04 bits per heavy atom. The standard InChI is InChI=1S/C36H39F3N6O2S/c1-22(2)29-17-8-23(3)20-32(29)45-24(4)18-19-48-35(45)42-34(46)41-31-7-5-6-30(31)25-9-11-26(12-10-25)33-40-21-44(43-33)27-13-15-28(16-14-27)47-36(37,38)39/h8-17,20-22,24,30-31H,5-7,18-19H2,1-4H3,(H,41,46)/b42-35-. The number of nitrogens with one attached hydrogen (secondary N) is 1. The first-order valence-corrected chi connectivity index (χ1v) is 17.2. The summed E-state index contributed by atoms with van der Waals surface area (Å²) in [6.45, 7) is 8.68. The molecule has 1 aliphatic heterocycles. The Labute approximate surface area is 282 Å². The van der Waals surface area contributed by atoms with E-state index in [9.17, 15) is 18.0 Å². The van der Waals surface area contributed by atoms with Crippen molar-refractivity contribution >= 4 is 28.6 Å². The molecule has 2 heterocycles. The van der Waals surface area contributed by atoms with Gasteiger partial charge in [0.1, 0.15) is 12.1 Å². The molecule has 3 aromatic carbocycles. The largest absolute Gasteiger partial charge is 0.573 e. The van der Waals surface area contributed by atoms with E-state index < -0.39 is 6.36 Å². The van der Waals surface area contributed by atoms with Crippen LogP contribution in [0, 0.1) is 6.92 Å². The molecule has 1 aromatic heterocycles. The predicted molar refractivity (Wildman–Crippen MR) is 184 cm³/mol. The number of amidine groups is 1. The van der Waals surface area contributed by atoms with Gasteiger partial charge in [-0.25, -0.2) is 14.5 Å². The molecule has 8 nitrogen and oxygen atoms in total. The second-order valence-electron chi connectivity index (χ2n) is 12.7. The number of rotatable bonds is 7.